The van der Waals surface area contributed by atoms with Crippen molar-refractivity contribution in [1.82, 2.24) is 10.3 Å². The topological polar surface area (TPSA) is 81.2 Å². The molecule has 0 spiro atoms. The number of amides is 1. The minimum absolute atomic E-state index is 0.137. The van der Waals surface area contributed by atoms with E-state index >= 15 is 0 Å². The van der Waals surface area contributed by atoms with Gasteiger partial charge < -0.3 is 15.5 Å². The fourth-order valence-electron chi connectivity index (χ4n) is 4.56. The Morgan fingerprint density at radius 2 is 1.88 bits per heavy atom. The van der Waals surface area contributed by atoms with Gasteiger partial charge in [0, 0.05) is 17.6 Å². The number of rotatable bonds is 3. The Hall–Kier alpha value is -2.14. The maximum atomic E-state index is 12.9. The van der Waals surface area contributed by atoms with Crippen LogP contribution in [0.5, 0.6) is 0 Å². The fourth-order valence-corrected chi connectivity index (χ4v) is 4.56. The molecule has 2 bridgehead atoms. The SMILES string of the molecule is Cc1ccc(-c2ocnc2C(=O)NC2C3CCCC2CC(N)C3)cc1. The zero-order valence-electron chi connectivity index (χ0n) is 14.6. The third kappa shape index (κ3) is 3.21. The molecule has 2 fully saturated rings. The highest BCUT2D eigenvalue weighted by atomic mass is 16.3. The number of hydrogen-bond acceptors (Lipinski definition) is 4. The summed E-state index contributed by atoms with van der Waals surface area (Å²) >= 11 is 0. The monoisotopic (exact) mass is 339 g/mol. The van der Waals surface area contributed by atoms with E-state index in [1.165, 1.54) is 18.4 Å². The molecular formula is C20H25N3O2. The standard InChI is InChI=1S/C20H25N3O2/c1-12-5-7-13(8-6-12)19-18(22-11-25-19)20(24)23-17-14-3-2-4-15(17)10-16(21)9-14/h5-8,11,14-17H,2-4,9-10,21H2,1H3,(H,23,24). The van der Waals surface area contributed by atoms with Gasteiger partial charge in [0.05, 0.1) is 0 Å². The fraction of sp³-hybridized carbons (Fsp3) is 0.500. The molecule has 0 aliphatic heterocycles. The molecule has 1 amide bonds. The number of carbonyl (C=O) groups is 1. The molecule has 1 heterocycles. The third-order valence-electron chi connectivity index (χ3n) is 5.77. The number of aryl methyl sites for hydroxylation is 1. The average molecular weight is 339 g/mol. The Labute approximate surface area is 148 Å². The van der Waals surface area contributed by atoms with Crippen molar-refractivity contribution in [2.24, 2.45) is 17.6 Å². The van der Waals surface area contributed by atoms with E-state index in [1.54, 1.807) is 0 Å². The van der Waals surface area contributed by atoms with Gasteiger partial charge in [0.15, 0.2) is 17.8 Å². The largest absolute Gasteiger partial charge is 0.443 e. The number of oxazole rings is 1. The van der Waals surface area contributed by atoms with Gasteiger partial charge in [-0.2, -0.15) is 0 Å². The van der Waals surface area contributed by atoms with Crippen molar-refractivity contribution in [3.05, 3.63) is 41.9 Å². The smallest absolute Gasteiger partial charge is 0.274 e. The molecule has 2 aromatic rings. The Kier molecular flexibility index (Phi) is 4.34. The van der Waals surface area contributed by atoms with Gasteiger partial charge in [0.25, 0.3) is 5.91 Å². The van der Waals surface area contributed by atoms with Crippen molar-refractivity contribution < 1.29 is 9.21 Å². The van der Waals surface area contributed by atoms with Crippen molar-refractivity contribution >= 4 is 5.91 Å². The lowest BCUT2D eigenvalue weighted by molar-refractivity contribution is 0.0752. The summed E-state index contributed by atoms with van der Waals surface area (Å²) in [6.45, 7) is 2.03. The molecule has 2 aliphatic rings. The van der Waals surface area contributed by atoms with Crippen molar-refractivity contribution in [1.29, 1.82) is 0 Å². The van der Waals surface area contributed by atoms with Crippen LogP contribution in [0.1, 0.15) is 48.2 Å². The van der Waals surface area contributed by atoms with Gasteiger partial charge in [-0.3, -0.25) is 4.79 Å². The molecule has 2 unspecified atom stereocenters. The summed E-state index contributed by atoms with van der Waals surface area (Å²) in [6.07, 6.45) is 6.91. The van der Waals surface area contributed by atoms with Crippen LogP contribution < -0.4 is 11.1 Å². The van der Waals surface area contributed by atoms with Crippen LogP contribution >= 0.6 is 0 Å². The summed E-state index contributed by atoms with van der Waals surface area (Å²) in [5, 5.41) is 3.25. The molecule has 25 heavy (non-hydrogen) atoms. The number of nitrogens with two attached hydrogens (primary N) is 1. The predicted octanol–water partition coefficient (Wildman–Crippen LogP) is 3.29. The maximum Gasteiger partial charge on any atom is 0.274 e. The molecule has 2 atom stereocenters. The lowest BCUT2D eigenvalue weighted by Crippen LogP contribution is -2.53. The van der Waals surface area contributed by atoms with E-state index in [4.69, 9.17) is 10.2 Å². The van der Waals surface area contributed by atoms with Crippen LogP contribution in [0.3, 0.4) is 0 Å². The number of nitrogens with zero attached hydrogens (tertiary/aromatic N) is 1. The molecular weight excluding hydrogens is 314 g/mol. The third-order valence-corrected chi connectivity index (χ3v) is 5.77. The highest BCUT2D eigenvalue weighted by molar-refractivity contribution is 5.97. The van der Waals surface area contributed by atoms with Crippen molar-refractivity contribution in [2.45, 2.75) is 51.1 Å². The van der Waals surface area contributed by atoms with E-state index in [1.807, 2.05) is 31.2 Å². The van der Waals surface area contributed by atoms with E-state index in [-0.39, 0.29) is 18.0 Å². The minimum Gasteiger partial charge on any atom is -0.443 e. The van der Waals surface area contributed by atoms with Gasteiger partial charge in [-0.15, -0.1) is 0 Å². The lowest BCUT2D eigenvalue weighted by Gasteiger charge is -2.45. The summed E-state index contributed by atoms with van der Waals surface area (Å²) in [5.41, 5.74) is 8.60. The number of fused-ring (bicyclic) bond motifs is 2. The van der Waals surface area contributed by atoms with Crippen molar-refractivity contribution in [3.8, 4) is 11.3 Å². The highest BCUT2D eigenvalue weighted by Gasteiger charge is 2.40. The quantitative estimate of drug-likeness (QED) is 0.899. The number of carbonyl (C=O) groups excluding carboxylic acids is 1. The predicted molar refractivity (Wildman–Crippen MR) is 96.0 cm³/mol. The van der Waals surface area contributed by atoms with Crippen LogP contribution in [-0.2, 0) is 0 Å². The van der Waals surface area contributed by atoms with Gasteiger partial charge in [-0.1, -0.05) is 36.2 Å². The zero-order chi connectivity index (χ0) is 17.4. The molecule has 3 N–H and O–H groups in total. The molecule has 2 aliphatic carbocycles. The van der Waals surface area contributed by atoms with Gasteiger partial charge in [-0.25, -0.2) is 4.98 Å². The number of benzene rings is 1. The molecule has 1 aromatic carbocycles. The number of hydrogen-bond donors (Lipinski definition) is 2. The highest BCUT2D eigenvalue weighted by Crippen LogP contribution is 2.40. The zero-order valence-corrected chi connectivity index (χ0v) is 14.6. The maximum absolute atomic E-state index is 12.9. The van der Waals surface area contributed by atoms with Gasteiger partial charge in [0.2, 0.25) is 0 Å². The van der Waals surface area contributed by atoms with E-state index in [0.717, 1.165) is 31.2 Å². The summed E-state index contributed by atoms with van der Waals surface area (Å²) in [5.74, 6) is 1.37. The average Bonchev–Trinajstić information content (AvgIpc) is 3.06. The van der Waals surface area contributed by atoms with Crippen LogP contribution in [0.25, 0.3) is 11.3 Å². The second-order valence-electron chi connectivity index (χ2n) is 7.58. The summed E-state index contributed by atoms with van der Waals surface area (Å²) < 4.78 is 5.52. The first kappa shape index (κ1) is 16.3. The second-order valence-corrected chi connectivity index (χ2v) is 7.58. The van der Waals surface area contributed by atoms with E-state index in [0.29, 0.717) is 23.3 Å². The molecule has 5 heteroatoms. The van der Waals surface area contributed by atoms with E-state index in [9.17, 15) is 4.79 Å². The summed E-state index contributed by atoms with van der Waals surface area (Å²) in [6, 6.07) is 8.42. The summed E-state index contributed by atoms with van der Waals surface area (Å²) in [4.78, 5) is 17.1. The second kappa shape index (κ2) is 6.64. The lowest BCUT2D eigenvalue weighted by atomic mass is 9.67. The Bertz CT molecular complexity index is 739. The molecule has 5 nitrogen and oxygen atoms in total. The van der Waals surface area contributed by atoms with Crippen LogP contribution in [0.15, 0.2) is 35.1 Å². The minimum atomic E-state index is -0.137. The number of aromatic nitrogens is 1. The van der Waals surface area contributed by atoms with Crippen LogP contribution in [0.2, 0.25) is 0 Å². The van der Waals surface area contributed by atoms with Crippen LogP contribution in [-0.4, -0.2) is 23.0 Å². The Balaban J connectivity index is 1.54. The molecule has 0 saturated heterocycles. The van der Waals surface area contributed by atoms with E-state index < -0.39 is 0 Å². The first-order valence-corrected chi connectivity index (χ1v) is 9.19. The molecule has 1 aromatic heterocycles. The van der Waals surface area contributed by atoms with Gasteiger partial charge in [-0.05, 0) is 44.4 Å². The molecule has 4 rings (SSSR count). The normalized spacial score (nSPS) is 28.6. The first-order valence-electron chi connectivity index (χ1n) is 9.19. The summed E-state index contributed by atoms with van der Waals surface area (Å²) in [7, 11) is 0. The Morgan fingerprint density at radius 3 is 2.56 bits per heavy atom. The van der Waals surface area contributed by atoms with Crippen molar-refractivity contribution in [2.75, 3.05) is 0 Å². The Morgan fingerprint density at radius 1 is 1.20 bits per heavy atom. The molecule has 0 radical (unpaired) electrons. The number of nitrogens with one attached hydrogen (secondary N) is 1. The van der Waals surface area contributed by atoms with Crippen LogP contribution in [0.4, 0.5) is 0 Å². The van der Waals surface area contributed by atoms with Gasteiger partial charge >= 0.3 is 0 Å². The van der Waals surface area contributed by atoms with E-state index in [2.05, 4.69) is 10.3 Å². The first-order chi connectivity index (χ1) is 12.1. The molecule has 2 saturated carbocycles. The molecule has 132 valence electrons. The van der Waals surface area contributed by atoms with Gasteiger partial charge in [0.1, 0.15) is 0 Å². The van der Waals surface area contributed by atoms with Crippen LogP contribution in [0, 0.1) is 18.8 Å². The van der Waals surface area contributed by atoms with Crippen molar-refractivity contribution in [3.63, 3.8) is 0 Å².